The number of nitrogens with zero attached hydrogens (tertiary/aromatic N) is 4. The van der Waals surface area contributed by atoms with Crippen LogP contribution in [0.4, 0.5) is 5.95 Å². The molecule has 1 amide bonds. The Labute approximate surface area is 154 Å². The Morgan fingerprint density at radius 3 is 2.96 bits per heavy atom. The van der Waals surface area contributed by atoms with Crippen LogP contribution in [-0.2, 0) is 4.79 Å². The highest BCUT2D eigenvalue weighted by atomic mass is 35.5. The second-order valence-electron chi connectivity index (χ2n) is 5.87. The summed E-state index contributed by atoms with van der Waals surface area (Å²) in [6, 6.07) is 7.18. The Bertz CT molecular complexity index is 930. The second kappa shape index (κ2) is 7.09. The summed E-state index contributed by atoms with van der Waals surface area (Å²) in [5.41, 5.74) is 1.74. The first kappa shape index (κ1) is 16.5. The minimum absolute atomic E-state index is 0.0195. The highest BCUT2D eigenvalue weighted by molar-refractivity contribution is 6.29. The number of carbonyl (C=O) groups is 1. The number of anilines is 1. The van der Waals surface area contributed by atoms with Crippen molar-refractivity contribution in [1.29, 1.82) is 0 Å². The van der Waals surface area contributed by atoms with Crippen LogP contribution in [0, 0.1) is 0 Å². The molecule has 4 heterocycles. The van der Waals surface area contributed by atoms with Gasteiger partial charge in [0.2, 0.25) is 17.7 Å². The quantitative estimate of drug-likeness (QED) is 0.684. The standard InChI is InChI=1S/C17H15ClN6O2/c18-13-2-1-12-11(5-8-26-16(12)20-13)9-14(25)21-17-22-15(23-24-17)10-3-6-19-7-4-10/h1-4,6-7,11H,5,8-9H2,(H2,21,22,23,24,25)/t11-/m0/s1. The molecule has 0 spiro atoms. The highest BCUT2D eigenvalue weighted by Gasteiger charge is 2.25. The number of carbonyl (C=O) groups excluding carboxylic acids is 1. The Balaban J connectivity index is 1.43. The largest absolute Gasteiger partial charge is 0.477 e. The molecule has 1 aliphatic heterocycles. The third kappa shape index (κ3) is 3.50. The lowest BCUT2D eigenvalue weighted by molar-refractivity contribution is -0.116. The van der Waals surface area contributed by atoms with Gasteiger partial charge in [-0.3, -0.25) is 15.1 Å². The summed E-state index contributed by atoms with van der Waals surface area (Å²) in [7, 11) is 0. The number of amides is 1. The summed E-state index contributed by atoms with van der Waals surface area (Å²) in [6.45, 7) is 0.507. The predicted molar refractivity (Wildman–Crippen MR) is 95.0 cm³/mol. The van der Waals surface area contributed by atoms with E-state index in [9.17, 15) is 4.79 Å². The number of pyridine rings is 2. The second-order valence-corrected chi connectivity index (χ2v) is 6.26. The van der Waals surface area contributed by atoms with Crippen LogP contribution >= 0.6 is 11.6 Å². The van der Waals surface area contributed by atoms with Crippen molar-refractivity contribution in [3.05, 3.63) is 47.4 Å². The fourth-order valence-corrected chi connectivity index (χ4v) is 3.03. The molecule has 0 saturated carbocycles. The van der Waals surface area contributed by atoms with Crippen molar-refractivity contribution in [2.45, 2.75) is 18.8 Å². The van der Waals surface area contributed by atoms with Crippen LogP contribution in [-0.4, -0.2) is 37.7 Å². The summed E-state index contributed by atoms with van der Waals surface area (Å²) in [5, 5.41) is 11.1. The monoisotopic (exact) mass is 370 g/mol. The van der Waals surface area contributed by atoms with E-state index in [1.807, 2.05) is 18.2 Å². The fourth-order valence-electron chi connectivity index (χ4n) is 2.89. The third-order valence-corrected chi connectivity index (χ3v) is 4.34. The van der Waals surface area contributed by atoms with Gasteiger partial charge >= 0.3 is 0 Å². The third-order valence-electron chi connectivity index (χ3n) is 4.13. The Morgan fingerprint density at radius 2 is 2.12 bits per heavy atom. The molecule has 0 bridgehead atoms. The lowest BCUT2D eigenvalue weighted by Gasteiger charge is -2.24. The lowest BCUT2D eigenvalue weighted by Crippen LogP contribution is -2.21. The molecule has 132 valence electrons. The topological polar surface area (TPSA) is 106 Å². The SMILES string of the molecule is O=C(C[C@@H]1CCOc2nc(Cl)ccc21)Nc1nnc(-c2ccncc2)[nH]1. The Kier molecular flexibility index (Phi) is 4.49. The first-order valence-electron chi connectivity index (χ1n) is 8.11. The number of aromatic nitrogens is 5. The van der Waals surface area contributed by atoms with Crippen LogP contribution < -0.4 is 10.1 Å². The Morgan fingerprint density at radius 1 is 1.27 bits per heavy atom. The fraction of sp³-hybridized carbons (Fsp3) is 0.235. The van der Waals surface area contributed by atoms with Gasteiger partial charge in [-0.05, 0) is 24.6 Å². The van der Waals surface area contributed by atoms with Gasteiger partial charge in [-0.2, -0.15) is 0 Å². The van der Waals surface area contributed by atoms with Crippen molar-refractivity contribution in [2.24, 2.45) is 0 Å². The molecule has 2 N–H and O–H groups in total. The lowest BCUT2D eigenvalue weighted by atomic mass is 9.92. The van der Waals surface area contributed by atoms with Gasteiger partial charge in [0.25, 0.3) is 0 Å². The molecule has 1 aliphatic rings. The molecule has 0 fully saturated rings. The van der Waals surface area contributed by atoms with Crippen LogP contribution in [0.2, 0.25) is 5.15 Å². The van der Waals surface area contributed by atoms with Gasteiger partial charge in [0.05, 0.1) is 6.61 Å². The van der Waals surface area contributed by atoms with Crippen molar-refractivity contribution in [3.63, 3.8) is 0 Å². The average molecular weight is 371 g/mol. The molecule has 9 heteroatoms. The van der Waals surface area contributed by atoms with Crippen LogP contribution in [0.5, 0.6) is 5.88 Å². The number of halogens is 1. The number of fused-ring (bicyclic) bond motifs is 1. The van der Waals surface area contributed by atoms with Gasteiger partial charge in [0.1, 0.15) is 5.15 Å². The molecule has 26 heavy (non-hydrogen) atoms. The molecule has 8 nitrogen and oxygen atoms in total. The molecule has 0 aliphatic carbocycles. The van der Waals surface area contributed by atoms with E-state index in [2.05, 4.69) is 30.5 Å². The van der Waals surface area contributed by atoms with E-state index < -0.39 is 0 Å². The molecule has 0 saturated heterocycles. The highest BCUT2D eigenvalue weighted by Crippen LogP contribution is 2.35. The van der Waals surface area contributed by atoms with Gasteiger partial charge in [0, 0.05) is 35.9 Å². The summed E-state index contributed by atoms with van der Waals surface area (Å²) in [5.74, 6) is 1.24. The van der Waals surface area contributed by atoms with Gasteiger partial charge in [-0.25, -0.2) is 4.98 Å². The molecule has 3 aromatic rings. The number of hydrogen-bond acceptors (Lipinski definition) is 6. The van der Waals surface area contributed by atoms with Gasteiger partial charge < -0.3 is 9.72 Å². The van der Waals surface area contributed by atoms with Crippen molar-refractivity contribution in [1.82, 2.24) is 25.1 Å². The zero-order valence-corrected chi connectivity index (χ0v) is 14.4. The minimum atomic E-state index is -0.157. The van der Waals surface area contributed by atoms with E-state index in [0.29, 0.717) is 35.8 Å². The summed E-state index contributed by atoms with van der Waals surface area (Å²) in [4.78, 5) is 23.5. The zero-order chi connectivity index (χ0) is 17.9. The molecule has 0 radical (unpaired) electrons. The molecule has 3 aromatic heterocycles. The van der Waals surface area contributed by atoms with Gasteiger partial charge in [-0.15, -0.1) is 10.2 Å². The van der Waals surface area contributed by atoms with E-state index in [1.165, 1.54) is 0 Å². The van der Waals surface area contributed by atoms with Crippen LogP contribution in [0.3, 0.4) is 0 Å². The van der Waals surface area contributed by atoms with E-state index in [-0.39, 0.29) is 11.8 Å². The van der Waals surface area contributed by atoms with E-state index >= 15 is 0 Å². The molecule has 1 atom stereocenters. The average Bonchev–Trinajstić information content (AvgIpc) is 3.11. The van der Waals surface area contributed by atoms with Gasteiger partial charge in [0.15, 0.2) is 5.82 Å². The zero-order valence-electron chi connectivity index (χ0n) is 13.6. The number of hydrogen-bond donors (Lipinski definition) is 2. The minimum Gasteiger partial charge on any atom is -0.477 e. The summed E-state index contributed by atoms with van der Waals surface area (Å²) in [6.07, 6.45) is 4.37. The number of nitrogens with one attached hydrogen (secondary N) is 2. The molecule has 0 aromatic carbocycles. The van der Waals surface area contributed by atoms with Crippen LogP contribution in [0.25, 0.3) is 11.4 Å². The van der Waals surface area contributed by atoms with Crippen LogP contribution in [0.1, 0.15) is 24.3 Å². The molecular weight excluding hydrogens is 356 g/mol. The van der Waals surface area contributed by atoms with Crippen molar-refractivity contribution in [2.75, 3.05) is 11.9 Å². The van der Waals surface area contributed by atoms with Crippen molar-refractivity contribution >= 4 is 23.5 Å². The molecular formula is C17H15ClN6O2. The number of aromatic amines is 1. The van der Waals surface area contributed by atoms with Crippen molar-refractivity contribution in [3.8, 4) is 17.3 Å². The normalized spacial score (nSPS) is 15.8. The maximum atomic E-state index is 12.4. The van der Waals surface area contributed by atoms with Crippen LogP contribution in [0.15, 0.2) is 36.7 Å². The summed E-state index contributed by atoms with van der Waals surface area (Å²) >= 11 is 5.90. The van der Waals surface area contributed by atoms with E-state index in [1.54, 1.807) is 18.5 Å². The first-order chi connectivity index (χ1) is 12.7. The predicted octanol–water partition coefficient (Wildman–Crippen LogP) is 2.81. The van der Waals surface area contributed by atoms with E-state index in [4.69, 9.17) is 16.3 Å². The van der Waals surface area contributed by atoms with E-state index in [0.717, 1.165) is 17.5 Å². The maximum Gasteiger partial charge on any atom is 0.228 e. The number of rotatable bonds is 4. The Hall–Kier alpha value is -3.00. The molecule has 4 rings (SSSR count). The van der Waals surface area contributed by atoms with Crippen molar-refractivity contribution < 1.29 is 9.53 Å². The smallest absolute Gasteiger partial charge is 0.228 e. The number of ether oxygens (including phenoxy) is 1. The first-order valence-corrected chi connectivity index (χ1v) is 8.49. The molecule has 0 unspecified atom stereocenters. The summed E-state index contributed by atoms with van der Waals surface area (Å²) < 4.78 is 5.53. The number of H-pyrrole nitrogens is 1. The maximum absolute atomic E-state index is 12.4. The van der Waals surface area contributed by atoms with Gasteiger partial charge in [-0.1, -0.05) is 17.7 Å².